The molecule has 3 atom stereocenters. The monoisotopic (exact) mass is 213 g/mol. The third-order valence-electron chi connectivity index (χ3n) is 3.24. The van der Waals surface area contributed by atoms with E-state index in [1.165, 1.54) is 12.8 Å². The van der Waals surface area contributed by atoms with Crippen LogP contribution in [0.2, 0.25) is 0 Å². The zero-order valence-electron chi connectivity index (χ0n) is 8.89. The molecule has 0 saturated carbocycles. The van der Waals surface area contributed by atoms with Crippen LogP contribution >= 0.6 is 0 Å². The van der Waals surface area contributed by atoms with Gasteiger partial charge in [0.1, 0.15) is 0 Å². The van der Waals surface area contributed by atoms with Crippen molar-refractivity contribution in [3.8, 4) is 0 Å². The van der Waals surface area contributed by atoms with Crippen LogP contribution < -0.4 is 11.5 Å². The Balaban J connectivity index is 1.74. The summed E-state index contributed by atoms with van der Waals surface area (Å²) in [5.41, 5.74) is 10.7. The number of morpholine rings is 1. The smallest absolute Gasteiger partial charge is 0.234 e. The van der Waals surface area contributed by atoms with E-state index in [9.17, 15) is 4.79 Å². The maximum absolute atomic E-state index is 10.8. The Labute approximate surface area is 89.7 Å². The number of nitrogens with zero attached hydrogens (tertiary/aromatic N) is 1. The first kappa shape index (κ1) is 10.9. The third-order valence-corrected chi connectivity index (χ3v) is 3.24. The van der Waals surface area contributed by atoms with Crippen LogP contribution in [0.15, 0.2) is 0 Å². The Morgan fingerprint density at radius 2 is 2.00 bits per heavy atom. The van der Waals surface area contributed by atoms with Crippen LogP contribution in [-0.4, -0.2) is 48.7 Å². The summed E-state index contributed by atoms with van der Waals surface area (Å²) in [5, 5.41) is 0. The lowest BCUT2D eigenvalue weighted by atomic mass is 10.2. The van der Waals surface area contributed by atoms with E-state index in [2.05, 4.69) is 4.90 Å². The molecule has 2 fully saturated rings. The second-order valence-electron chi connectivity index (χ2n) is 4.51. The van der Waals surface area contributed by atoms with Gasteiger partial charge in [0.25, 0.3) is 0 Å². The van der Waals surface area contributed by atoms with Crippen LogP contribution in [0.4, 0.5) is 0 Å². The minimum Gasteiger partial charge on any atom is -0.372 e. The largest absolute Gasteiger partial charge is 0.372 e. The molecule has 2 aliphatic rings. The van der Waals surface area contributed by atoms with E-state index in [1.54, 1.807) is 0 Å². The zero-order chi connectivity index (χ0) is 10.8. The fourth-order valence-corrected chi connectivity index (χ4v) is 2.35. The predicted octanol–water partition coefficient (Wildman–Crippen LogP) is -0.948. The molecule has 0 aromatic rings. The molecular formula is C10H19N3O2. The van der Waals surface area contributed by atoms with Crippen molar-refractivity contribution in [1.29, 1.82) is 0 Å². The van der Waals surface area contributed by atoms with Gasteiger partial charge in [0.2, 0.25) is 5.91 Å². The van der Waals surface area contributed by atoms with Gasteiger partial charge in [-0.05, 0) is 19.3 Å². The highest BCUT2D eigenvalue weighted by atomic mass is 16.5. The fraction of sp³-hybridized carbons (Fsp3) is 0.900. The first-order valence-electron chi connectivity index (χ1n) is 5.58. The Morgan fingerprint density at radius 3 is 2.53 bits per heavy atom. The Morgan fingerprint density at radius 1 is 1.40 bits per heavy atom. The normalized spacial score (nSPS) is 32.9. The molecule has 2 rings (SSSR count). The number of carbonyl (C=O) groups excluding carboxylic acids is 1. The summed E-state index contributed by atoms with van der Waals surface area (Å²) < 4.78 is 5.72. The van der Waals surface area contributed by atoms with Gasteiger partial charge in [-0.15, -0.1) is 0 Å². The van der Waals surface area contributed by atoms with Crippen LogP contribution in [0.5, 0.6) is 0 Å². The van der Waals surface area contributed by atoms with Crippen molar-refractivity contribution in [2.45, 2.75) is 37.5 Å². The average Bonchev–Trinajstić information content (AvgIpc) is 2.54. The van der Waals surface area contributed by atoms with E-state index in [-0.39, 0.29) is 0 Å². The minimum absolute atomic E-state index is 0.397. The van der Waals surface area contributed by atoms with Gasteiger partial charge in [0.15, 0.2) is 0 Å². The van der Waals surface area contributed by atoms with E-state index in [0.717, 1.165) is 19.6 Å². The average molecular weight is 213 g/mol. The van der Waals surface area contributed by atoms with Gasteiger partial charge in [0, 0.05) is 19.6 Å². The van der Waals surface area contributed by atoms with Gasteiger partial charge in [-0.2, -0.15) is 0 Å². The first-order chi connectivity index (χ1) is 7.15. The van der Waals surface area contributed by atoms with Gasteiger partial charge in [-0.1, -0.05) is 0 Å². The Bertz CT molecular complexity index is 235. The maximum Gasteiger partial charge on any atom is 0.234 e. The van der Waals surface area contributed by atoms with Crippen molar-refractivity contribution < 1.29 is 9.53 Å². The van der Waals surface area contributed by atoms with E-state index in [1.807, 2.05) is 0 Å². The fourth-order valence-electron chi connectivity index (χ4n) is 2.35. The van der Waals surface area contributed by atoms with Gasteiger partial charge in [-0.25, -0.2) is 0 Å². The molecule has 0 aliphatic carbocycles. The number of likely N-dealkylation sites (tertiary alicyclic amines) is 1. The number of fused-ring (bicyclic) bond motifs is 2. The van der Waals surface area contributed by atoms with Gasteiger partial charge >= 0.3 is 0 Å². The second kappa shape index (κ2) is 4.47. The molecule has 0 spiro atoms. The van der Waals surface area contributed by atoms with Crippen molar-refractivity contribution in [3.05, 3.63) is 0 Å². The van der Waals surface area contributed by atoms with Crippen LogP contribution in [0, 0.1) is 0 Å². The number of nitrogens with two attached hydrogens (primary N) is 2. The van der Waals surface area contributed by atoms with Gasteiger partial charge < -0.3 is 16.2 Å². The van der Waals surface area contributed by atoms with Crippen molar-refractivity contribution in [1.82, 2.24) is 4.90 Å². The summed E-state index contributed by atoms with van der Waals surface area (Å²) in [6.07, 6.45) is 3.78. The molecule has 86 valence electrons. The first-order valence-corrected chi connectivity index (χ1v) is 5.58. The van der Waals surface area contributed by atoms with Crippen LogP contribution in [-0.2, 0) is 9.53 Å². The van der Waals surface area contributed by atoms with Gasteiger partial charge in [0.05, 0.1) is 18.2 Å². The van der Waals surface area contributed by atoms with E-state index in [4.69, 9.17) is 16.2 Å². The number of amides is 1. The standard InChI is InChI=1S/C10H19N3O2/c11-9(10(12)14)3-4-13-5-7-1-2-8(6-13)15-7/h7-9H,1-6,11H2,(H2,12,14). The molecule has 5 heteroatoms. The number of hydrogen-bond donors (Lipinski definition) is 2. The van der Waals surface area contributed by atoms with E-state index >= 15 is 0 Å². The third kappa shape index (κ3) is 2.68. The highest BCUT2D eigenvalue weighted by Gasteiger charge is 2.33. The Kier molecular flexibility index (Phi) is 3.23. The molecule has 3 unspecified atom stereocenters. The van der Waals surface area contributed by atoms with Crippen LogP contribution in [0.1, 0.15) is 19.3 Å². The zero-order valence-corrected chi connectivity index (χ0v) is 8.89. The summed E-state index contributed by atoms with van der Waals surface area (Å²) in [5.74, 6) is -0.411. The van der Waals surface area contributed by atoms with Crippen molar-refractivity contribution in [2.75, 3.05) is 19.6 Å². The quantitative estimate of drug-likeness (QED) is 0.631. The summed E-state index contributed by atoms with van der Waals surface area (Å²) in [6.45, 7) is 2.80. The molecule has 5 nitrogen and oxygen atoms in total. The predicted molar refractivity (Wildman–Crippen MR) is 56.1 cm³/mol. The molecule has 2 heterocycles. The van der Waals surface area contributed by atoms with Crippen LogP contribution in [0.25, 0.3) is 0 Å². The molecule has 0 aromatic carbocycles. The molecule has 2 aliphatic heterocycles. The molecule has 2 saturated heterocycles. The summed E-state index contributed by atoms with van der Waals surface area (Å²) >= 11 is 0. The molecule has 4 N–H and O–H groups in total. The Hall–Kier alpha value is -0.650. The number of carbonyl (C=O) groups is 1. The summed E-state index contributed by atoms with van der Waals surface area (Å²) in [7, 11) is 0. The number of primary amides is 1. The molecular weight excluding hydrogens is 194 g/mol. The summed E-state index contributed by atoms with van der Waals surface area (Å²) in [6, 6.07) is -0.509. The maximum atomic E-state index is 10.8. The van der Waals surface area contributed by atoms with Crippen molar-refractivity contribution in [2.24, 2.45) is 11.5 Å². The highest BCUT2D eigenvalue weighted by molar-refractivity contribution is 5.79. The van der Waals surface area contributed by atoms with Crippen LogP contribution in [0.3, 0.4) is 0 Å². The van der Waals surface area contributed by atoms with Gasteiger partial charge in [-0.3, -0.25) is 9.69 Å². The molecule has 0 radical (unpaired) electrons. The molecule has 1 amide bonds. The lowest BCUT2D eigenvalue weighted by Crippen LogP contribution is -2.45. The number of rotatable bonds is 4. The van der Waals surface area contributed by atoms with E-state index < -0.39 is 11.9 Å². The lowest BCUT2D eigenvalue weighted by molar-refractivity contribution is -0.119. The minimum atomic E-state index is -0.509. The lowest BCUT2D eigenvalue weighted by Gasteiger charge is -2.32. The number of ether oxygens (including phenoxy) is 1. The number of hydrogen-bond acceptors (Lipinski definition) is 4. The summed E-state index contributed by atoms with van der Waals surface area (Å²) in [4.78, 5) is 13.1. The molecule has 0 aromatic heterocycles. The molecule has 2 bridgehead atoms. The van der Waals surface area contributed by atoms with E-state index in [0.29, 0.717) is 18.6 Å². The molecule has 15 heavy (non-hydrogen) atoms. The van der Waals surface area contributed by atoms with Crippen molar-refractivity contribution in [3.63, 3.8) is 0 Å². The second-order valence-corrected chi connectivity index (χ2v) is 4.51. The highest BCUT2D eigenvalue weighted by Crippen LogP contribution is 2.26. The van der Waals surface area contributed by atoms with Crippen molar-refractivity contribution >= 4 is 5.91 Å². The topological polar surface area (TPSA) is 81.6 Å². The SMILES string of the molecule is NC(=O)C(N)CCN1CC2CCC(C1)O2.